The smallest absolute Gasteiger partial charge is 0.221 e. The van der Waals surface area contributed by atoms with E-state index in [1.807, 2.05) is 25.1 Å². The van der Waals surface area contributed by atoms with Gasteiger partial charge < -0.3 is 11.1 Å². The molecule has 1 amide bonds. The third-order valence-corrected chi connectivity index (χ3v) is 3.44. The normalized spacial score (nSPS) is 18.1. The standard InChI is InChI=1S/C15H22N2O/c1-11(9-12-5-3-2-4-6-12)17-15(18)10-14(16)13-7-8-13/h2-6,11,13-14H,7-10,16H2,1H3,(H,17,18). The average molecular weight is 246 g/mol. The number of benzene rings is 1. The quantitative estimate of drug-likeness (QED) is 0.805. The fourth-order valence-corrected chi connectivity index (χ4v) is 2.26. The highest BCUT2D eigenvalue weighted by molar-refractivity contribution is 5.77. The van der Waals surface area contributed by atoms with E-state index in [9.17, 15) is 4.79 Å². The lowest BCUT2D eigenvalue weighted by Crippen LogP contribution is -2.38. The van der Waals surface area contributed by atoms with Crippen molar-refractivity contribution >= 4 is 5.91 Å². The Balaban J connectivity index is 1.73. The van der Waals surface area contributed by atoms with Crippen LogP contribution < -0.4 is 11.1 Å². The van der Waals surface area contributed by atoms with E-state index in [2.05, 4.69) is 17.4 Å². The van der Waals surface area contributed by atoms with Crippen molar-refractivity contribution in [2.24, 2.45) is 11.7 Å². The summed E-state index contributed by atoms with van der Waals surface area (Å²) in [5, 5.41) is 3.02. The minimum atomic E-state index is 0.0499. The molecule has 0 saturated heterocycles. The van der Waals surface area contributed by atoms with E-state index >= 15 is 0 Å². The summed E-state index contributed by atoms with van der Waals surface area (Å²) in [6.07, 6.45) is 3.71. The van der Waals surface area contributed by atoms with E-state index < -0.39 is 0 Å². The number of amides is 1. The summed E-state index contributed by atoms with van der Waals surface area (Å²) in [5.41, 5.74) is 7.19. The average Bonchev–Trinajstić information content (AvgIpc) is 3.13. The Morgan fingerprint density at radius 1 is 1.39 bits per heavy atom. The molecule has 3 heteroatoms. The molecule has 98 valence electrons. The van der Waals surface area contributed by atoms with Crippen molar-refractivity contribution in [1.82, 2.24) is 5.32 Å². The number of carbonyl (C=O) groups excluding carboxylic acids is 1. The van der Waals surface area contributed by atoms with Crippen molar-refractivity contribution in [1.29, 1.82) is 0 Å². The van der Waals surface area contributed by atoms with Crippen LogP contribution in [-0.2, 0) is 11.2 Å². The van der Waals surface area contributed by atoms with Crippen LogP contribution in [0.3, 0.4) is 0 Å². The van der Waals surface area contributed by atoms with Gasteiger partial charge in [0.2, 0.25) is 5.91 Å². The van der Waals surface area contributed by atoms with Crippen molar-refractivity contribution in [3.8, 4) is 0 Å². The van der Waals surface area contributed by atoms with Gasteiger partial charge in [0.25, 0.3) is 0 Å². The van der Waals surface area contributed by atoms with Gasteiger partial charge in [0, 0.05) is 18.5 Å². The molecule has 1 aliphatic rings. The van der Waals surface area contributed by atoms with Crippen LogP contribution in [0.1, 0.15) is 31.7 Å². The first kappa shape index (κ1) is 13.1. The molecule has 2 rings (SSSR count). The lowest BCUT2D eigenvalue weighted by molar-refractivity contribution is -0.122. The number of hydrogen-bond donors (Lipinski definition) is 2. The van der Waals surface area contributed by atoms with Crippen LogP contribution in [0.5, 0.6) is 0 Å². The molecule has 0 aliphatic heterocycles. The Hall–Kier alpha value is -1.35. The Morgan fingerprint density at radius 3 is 2.67 bits per heavy atom. The fourth-order valence-electron chi connectivity index (χ4n) is 2.26. The molecule has 1 fully saturated rings. The highest BCUT2D eigenvalue weighted by Gasteiger charge is 2.29. The molecular formula is C15H22N2O. The number of rotatable bonds is 6. The zero-order valence-corrected chi connectivity index (χ0v) is 10.9. The SMILES string of the molecule is CC(Cc1ccccc1)NC(=O)CC(N)C1CC1. The maximum absolute atomic E-state index is 11.8. The Bertz CT molecular complexity index is 387. The van der Waals surface area contributed by atoms with Crippen LogP contribution in [0.15, 0.2) is 30.3 Å². The van der Waals surface area contributed by atoms with Gasteiger partial charge >= 0.3 is 0 Å². The van der Waals surface area contributed by atoms with Gasteiger partial charge in [-0.1, -0.05) is 30.3 Å². The predicted molar refractivity (Wildman–Crippen MR) is 73.1 cm³/mol. The van der Waals surface area contributed by atoms with Crippen LogP contribution in [0.4, 0.5) is 0 Å². The molecule has 0 aromatic heterocycles. The second-order valence-corrected chi connectivity index (χ2v) is 5.36. The highest BCUT2D eigenvalue weighted by Crippen LogP contribution is 2.32. The van der Waals surface area contributed by atoms with Crippen LogP contribution in [-0.4, -0.2) is 18.0 Å². The molecule has 2 atom stereocenters. The minimum absolute atomic E-state index is 0.0499. The van der Waals surface area contributed by atoms with Gasteiger partial charge in [-0.2, -0.15) is 0 Å². The maximum atomic E-state index is 11.8. The van der Waals surface area contributed by atoms with Crippen molar-refractivity contribution in [3.63, 3.8) is 0 Å². The summed E-state index contributed by atoms with van der Waals surface area (Å²) in [6.45, 7) is 2.04. The van der Waals surface area contributed by atoms with E-state index in [0.717, 1.165) is 6.42 Å². The molecule has 2 unspecified atom stereocenters. The number of nitrogens with two attached hydrogens (primary N) is 1. The van der Waals surface area contributed by atoms with Crippen LogP contribution >= 0.6 is 0 Å². The molecular weight excluding hydrogens is 224 g/mol. The second kappa shape index (κ2) is 6.01. The van der Waals surface area contributed by atoms with E-state index in [-0.39, 0.29) is 18.0 Å². The first-order valence-electron chi connectivity index (χ1n) is 6.74. The molecule has 18 heavy (non-hydrogen) atoms. The molecule has 1 saturated carbocycles. The predicted octanol–water partition coefficient (Wildman–Crippen LogP) is 1.86. The summed E-state index contributed by atoms with van der Waals surface area (Å²) in [4.78, 5) is 11.8. The van der Waals surface area contributed by atoms with E-state index in [4.69, 9.17) is 5.73 Å². The zero-order valence-electron chi connectivity index (χ0n) is 10.9. The zero-order chi connectivity index (χ0) is 13.0. The number of nitrogens with one attached hydrogen (secondary N) is 1. The van der Waals surface area contributed by atoms with Crippen LogP contribution in [0.25, 0.3) is 0 Å². The number of carbonyl (C=O) groups is 1. The Labute approximate surface area is 109 Å². The van der Waals surface area contributed by atoms with Gasteiger partial charge in [0.15, 0.2) is 0 Å². The van der Waals surface area contributed by atoms with E-state index in [1.165, 1.54) is 18.4 Å². The molecule has 1 aromatic rings. The summed E-state index contributed by atoms with van der Waals surface area (Å²) in [5.74, 6) is 0.665. The lowest BCUT2D eigenvalue weighted by atomic mass is 10.1. The van der Waals surface area contributed by atoms with Crippen molar-refractivity contribution in [3.05, 3.63) is 35.9 Å². The molecule has 0 spiro atoms. The third-order valence-electron chi connectivity index (χ3n) is 3.44. The Morgan fingerprint density at radius 2 is 2.06 bits per heavy atom. The maximum Gasteiger partial charge on any atom is 0.221 e. The topological polar surface area (TPSA) is 55.1 Å². The lowest BCUT2D eigenvalue weighted by Gasteiger charge is -2.16. The third kappa shape index (κ3) is 4.15. The summed E-state index contributed by atoms with van der Waals surface area (Å²) in [6, 6.07) is 10.4. The largest absolute Gasteiger partial charge is 0.353 e. The molecule has 0 radical (unpaired) electrons. The fraction of sp³-hybridized carbons (Fsp3) is 0.533. The monoisotopic (exact) mass is 246 g/mol. The van der Waals surface area contributed by atoms with Gasteiger partial charge in [-0.15, -0.1) is 0 Å². The van der Waals surface area contributed by atoms with Crippen LogP contribution in [0.2, 0.25) is 0 Å². The molecule has 0 heterocycles. The summed E-state index contributed by atoms with van der Waals surface area (Å²) in [7, 11) is 0. The molecule has 1 aliphatic carbocycles. The highest BCUT2D eigenvalue weighted by atomic mass is 16.1. The second-order valence-electron chi connectivity index (χ2n) is 5.36. The van der Waals surface area contributed by atoms with Gasteiger partial charge in [-0.25, -0.2) is 0 Å². The van der Waals surface area contributed by atoms with E-state index in [1.54, 1.807) is 0 Å². The summed E-state index contributed by atoms with van der Waals surface area (Å²) < 4.78 is 0. The summed E-state index contributed by atoms with van der Waals surface area (Å²) >= 11 is 0. The van der Waals surface area contributed by atoms with Gasteiger partial charge in [0.05, 0.1) is 0 Å². The Kier molecular flexibility index (Phi) is 4.37. The molecule has 0 bridgehead atoms. The van der Waals surface area contributed by atoms with Crippen molar-refractivity contribution in [2.45, 2.75) is 44.7 Å². The van der Waals surface area contributed by atoms with Gasteiger partial charge in [0.1, 0.15) is 0 Å². The molecule has 3 nitrogen and oxygen atoms in total. The van der Waals surface area contributed by atoms with Gasteiger partial charge in [-0.05, 0) is 37.7 Å². The van der Waals surface area contributed by atoms with Crippen LogP contribution in [0, 0.1) is 5.92 Å². The first-order valence-corrected chi connectivity index (χ1v) is 6.74. The van der Waals surface area contributed by atoms with Gasteiger partial charge in [-0.3, -0.25) is 4.79 Å². The number of hydrogen-bond acceptors (Lipinski definition) is 2. The van der Waals surface area contributed by atoms with E-state index in [0.29, 0.717) is 12.3 Å². The van der Waals surface area contributed by atoms with Crippen molar-refractivity contribution < 1.29 is 4.79 Å². The minimum Gasteiger partial charge on any atom is -0.353 e. The molecule has 3 N–H and O–H groups in total. The van der Waals surface area contributed by atoms with Crippen molar-refractivity contribution in [2.75, 3.05) is 0 Å². The molecule has 1 aromatic carbocycles. The first-order chi connectivity index (χ1) is 8.65.